The SMILES string of the molecule is Cc1nnnn1CCC(=O)NC1C=CCCC1. The summed E-state index contributed by atoms with van der Waals surface area (Å²) in [7, 11) is 0. The summed E-state index contributed by atoms with van der Waals surface area (Å²) in [5, 5.41) is 14.1. The van der Waals surface area contributed by atoms with Gasteiger partial charge >= 0.3 is 0 Å². The number of hydrogen-bond donors (Lipinski definition) is 1. The fourth-order valence-electron chi connectivity index (χ4n) is 1.87. The topological polar surface area (TPSA) is 72.7 Å². The van der Waals surface area contributed by atoms with Gasteiger partial charge in [-0.15, -0.1) is 5.10 Å². The fraction of sp³-hybridized carbons (Fsp3) is 0.636. The van der Waals surface area contributed by atoms with Gasteiger partial charge in [0, 0.05) is 12.5 Å². The Morgan fingerprint density at radius 2 is 2.53 bits per heavy atom. The molecule has 1 amide bonds. The first kappa shape index (κ1) is 11.8. The van der Waals surface area contributed by atoms with Gasteiger partial charge < -0.3 is 5.32 Å². The number of carbonyl (C=O) groups is 1. The molecule has 1 unspecified atom stereocenters. The van der Waals surface area contributed by atoms with Crippen LogP contribution in [0.25, 0.3) is 0 Å². The molecule has 1 aromatic heterocycles. The third-order valence-electron chi connectivity index (χ3n) is 2.86. The lowest BCUT2D eigenvalue weighted by atomic mass is 10.0. The van der Waals surface area contributed by atoms with Crippen LogP contribution >= 0.6 is 0 Å². The Morgan fingerprint density at radius 3 is 3.18 bits per heavy atom. The lowest BCUT2D eigenvalue weighted by molar-refractivity contribution is -0.121. The first-order valence-corrected chi connectivity index (χ1v) is 5.94. The molecule has 1 heterocycles. The summed E-state index contributed by atoms with van der Waals surface area (Å²) in [5.41, 5.74) is 0. The number of amides is 1. The fourth-order valence-corrected chi connectivity index (χ4v) is 1.87. The molecule has 0 spiro atoms. The van der Waals surface area contributed by atoms with E-state index in [1.807, 2.05) is 6.92 Å². The standard InChI is InChI=1S/C11H17N5O/c1-9-13-14-15-16(9)8-7-11(17)12-10-5-3-2-4-6-10/h3,5,10H,2,4,6-8H2,1H3,(H,12,17). The van der Waals surface area contributed by atoms with Crippen molar-refractivity contribution >= 4 is 5.91 Å². The zero-order valence-electron chi connectivity index (χ0n) is 9.96. The quantitative estimate of drug-likeness (QED) is 0.775. The predicted octanol–water partition coefficient (Wildman–Crippen LogP) is 0.597. The Bertz CT molecular complexity index is 412. The summed E-state index contributed by atoms with van der Waals surface area (Å²) < 4.78 is 1.64. The van der Waals surface area contributed by atoms with Gasteiger partial charge in [-0.25, -0.2) is 4.68 Å². The third-order valence-corrected chi connectivity index (χ3v) is 2.86. The zero-order chi connectivity index (χ0) is 12.1. The van der Waals surface area contributed by atoms with E-state index >= 15 is 0 Å². The first-order valence-electron chi connectivity index (χ1n) is 5.94. The summed E-state index contributed by atoms with van der Waals surface area (Å²) >= 11 is 0. The number of rotatable bonds is 4. The molecule has 6 nitrogen and oxygen atoms in total. The van der Waals surface area contributed by atoms with Gasteiger partial charge in [0.25, 0.3) is 0 Å². The molecule has 6 heteroatoms. The van der Waals surface area contributed by atoms with Gasteiger partial charge in [0.2, 0.25) is 5.91 Å². The van der Waals surface area contributed by atoms with Gasteiger partial charge in [-0.2, -0.15) is 0 Å². The summed E-state index contributed by atoms with van der Waals surface area (Å²) in [6.45, 7) is 2.35. The Hall–Kier alpha value is -1.72. The van der Waals surface area contributed by atoms with E-state index in [9.17, 15) is 4.79 Å². The highest BCUT2D eigenvalue weighted by Gasteiger charge is 2.12. The molecule has 1 aromatic rings. The van der Waals surface area contributed by atoms with Crippen molar-refractivity contribution in [3.8, 4) is 0 Å². The molecule has 0 fully saturated rings. The van der Waals surface area contributed by atoms with Crippen molar-refractivity contribution in [3.05, 3.63) is 18.0 Å². The zero-order valence-corrected chi connectivity index (χ0v) is 9.96. The van der Waals surface area contributed by atoms with Crippen molar-refractivity contribution in [1.29, 1.82) is 0 Å². The third kappa shape index (κ3) is 3.37. The van der Waals surface area contributed by atoms with Crippen LogP contribution in [-0.2, 0) is 11.3 Å². The number of nitrogens with zero attached hydrogens (tertiary/aromatic N) is 4. The maximum atomic E-state index is 11.7. The number of allylic oxidation sites excluding steroid dienone is 1. The van der Waals surface area contributed by atoms with Gasteiger partial charge in [-0.3, -0.25) is 4.79 Å². The normalized spacial score (nSPS) is 19.2. The van der Waals surface area contributed by atoms with E-state index in [4.69, 9.17) is 0 Å². The van der Waals surface area contributed by atoms with Crippen molar-refractivity contribution in [1.82, 2.24) is 25.5 Å². The average molecular weight is 235 g/mol. The molecule has 0 aromatic carbocycles. The molecule has 1 aliphatic carbocycles. The van der Waals surface area contributed by atoms with Crippen LogP contribution in [0.1, 0.15) is 31.5 Å². The molecule has 2 rings (SSSR count). The van der Waals surface area contributed by atoms with Crippen molar-refractivity contribution in [3.63, 3.8) is 0 Å². The van der Waals surface area contributed by atoms with Crippen LogP contribution in [0, 0.1) is 6.92 Å². The lowest BCUT2D eigenvalue weighted by Crippen LogP contribution is -2.34. The smallest absolute Gasteiger partial charge is 0.222 e. The molecule has 92 valence electrons. The molecule has 0 bridgehead atoms. The molecule has 0 radical (unpaired) electrons. The molecular weight excluding hydrogens is 218 g/mol. The van der Waals surface area contributed by atoms with Crippen LogP contribution in [0.2, 0.25) is 0 Å². The minimum Gasteiger partial charge on any atom is -0.350 e. The minimum absolute atomic E-state index is 0.0523. The van der Waals surface area contributed by atoms with Crippen LogP contribution in [0.15, 0.2) is 12.2 Å². The lowest BCUT2D eigenvalue weighted by Gasteiger charge is -2.17. The second-order valence-electron chi connectivity index (χ2n) is 4.23. The average Bonchev–Trinajstić information content (AvgIpc) is 2.74. The molecular formula is C11H17N5O. The molecule has 17 heavy (non-hydrogen) atoms. The second-order valence-corrected chi connectivity index (χ2v) is 4.23. The van der Waals surface area contributed by atoms with E-state index in [0.717, 1.165) is 25.1 Å². The van der Waals surface area contributed by atoms with E-state index in [2.05, 4.69) is 33.0 Å². The molecule has 0 saturated heterocycles. The van der Waals surface area contributed by atoms with Gasteiger partial charge in [-0.1, -0.05) is 12.2 Å². The van der Waals surface area contributed by atoms with E-state index in [0.29, 0.717) is 13.0 Å². The molecule has 1 aliphatic rings. The minimum atomic E-state index is 0.0523. The van der Waals surface area contributed by atoms with Gasteiger partial charge in [0.15, 0.2) is 0 Å². The monoisotopic (exact) mass is 235 g/mol. The summed E-state index contributed by atoms with van der Waals surface area (Å²) in [6, 6.07) is 0.200. The summed E-state index contributed by atoms with van der Waals surface area (Å²) in [4.78, 5) is 11.7. The maximum absolute atomic E-state index is 11.7. The van der Waals surface area contributed by atoms with E-state index in [1.165, 1.54) is 0 Å². The number of carbonyl (C=O) groups excluding carboxylic acids is 1. The molecule has 1 N–H and O–H groups in total. The number of hydrogen-bond acceptors (Lipinski definition) is 4. The number of aryl methyl sites for hydroxylation is 2. The Labute approximate surface area is 100 Å². The number of nitrogens with one attached hydrogen (secondary N) is 1. The summed E-state index contributed by atoms with van der Waals surface area (Å²) in [5.74, 6) is 0.784. The largest absolute Gasteiger partial charge is 0.350 e. The molecule has 1 atom stereocenters. The predicted molar refractivity (Wildman–Crippen MR) is 62.1 cm³/mol. The van der Waals surface area contributed by atoms with E-state index in [-0.39, 0.29) is 11.9 Å². The van der Waals surface area contributed by atoms with Crippen LogP contribution in [-0.4, -0.2) is 32.2 Å². The van der Waals surface area contributed by atoms with Gasteiger partial charge in [0.05, 0.1) is 6.54 Å². The highest BCUT2D eigenvalue weighted by atomic mass is 16.1. The summed E-state index contributed by atoms with van der Waals surface area (Å²) in [6.07, 6.45) is 7.91. The van der Waals surface area contributed by atoms with Crippen molar-refractivity contribution < 1.29 is 4.79 Å². The van der Waals surface area contributed by atoms with Crippen molar-refractivity contribution in [2.24, 2.45) is 0 Å². The Balaban J connectivity index is 1.76. The molecule has 0 saturated carbocycles. The highest BCUT2D eigenvalue weighted by molar-refractivity contribution is 5.76. The van der Waals surface area contributed by atoms with Crippen LogP contribution in [0.5, 0.6) is 0 Å². The van der Waals surface area contributed by atoms with Crippen LogP contribution < -0.4 is 5.32 Å². The Morgan fingerprint density at radius 1 is 1.65 bits per heavy atom. The van der Waals surface area contributed by atoms with Crippen molar-refractivity contribution in [2.45, 2.75) is 45.2 Å². The van der Waals surface area contributed by atoms with Crippen LogP contribution in [0.3, 0.4) is 0 Å². The number of aromatic nitrogens is 4. The van der Waals surface area contributed by atoms with Crippen molar-refractivity contribution in [2.75, 3.05) is 0 Å². The van der Waals surface area contributed by atoms with E-state index < -0.39 is 0 Å². The van der Waals surface area contributed by atoms with E-state index in [1.54, 1.807) is 4.68 Å². The number of tetrazole rings is 1. The second kappa shape index (κ2) is 5.56. The van der Waals surface area contributed by atoms with Crippen LogP contribution in [0.4, 0.5) is 0 Å². The highest BCUT2D eigenvalue weighted by Crippen LogP contribution is 2.10. The van der Waals surface area contributed by atoms with Gasteiger partial charge in [0.1, 0.15) is 5.82 Å². The van der Waals surface area contributed by atoms with Gasteiger partial charge in [-0.05, 0) is 36.6 Å². The Kier molecular flexibility index (Phi) is 3.85. The maximum Gasteiger partial charge on any atom is 0.222 e. The first-order chi connectivity index (χ1) is 8.25. The molecule has 0 aliphatic heterocycles.